The maximum absolute atomic E-state index is 6.19. The fraction of sp³-hybridized carbons (Fsp3) is 1.00. The zero-order valence-corrected chi connectivity index (χ0v) is 13.6. The van der Waals surface area contributed by atoms with E-state index in [-0.39, 0.29) is 0 Å². The van der Waals surface area contributed by atoms with E-state index in [2.05, 4.69) is 36.1 Å². The second-order valence-electron chi connectivity index (χ2n) is 6.68. The molecule has 20 heavy (non-hydrogen) atoms. The first-order valence-corrected chi connectivity index (χ1v) is 8.44. The van der Waals surface area contributed by atoms with Crippen molar-refractivity contribution in [3.05, 3.63) is 0 Å². The summed E-state index contributed by atoms with van der Waals surface area (Å²) in [5, 5.41) is 3.48. The molecule has 0 amide bonds. The van der Waals surface area contributed by atoms with Crippen LogP contribution in [0.15, 0.2) is 0 Å². The highest BCUT2D eigenvalue weighted by Gasteiger charge is 2.29. The molecule has 0 aromatic rings. The van der Waals surface area contributed by atoms with Crippen LogP contribution in [-0.4, -0.2) is 74.9 Å². The molecule has 2 aliphatic heterocycles. The van der Waals surface area contributed by atoms with E-state index in [0.29, 0.717) is 12.2 Å². The normalized spacial score (nSPS) is 32.1. The number of ether oxygens (including phenoxy) is 1. The number of likely N-dealkylation sites (N-methyl/N-ethyl adjacent to an activating group) is 1. The molecule has 4 heteroatoms. The predicted octanol–water partition coefficient (Wildman–Crippen LogP) is 1.56. The van der Waals surface area contributed by atoms with Crippen LogP contribution in [0.25, 0.3) is 0 Å². The van der Waals surface area contributed by atoms with Gasteiger partial charge in [0.2, 0.25) is 0 Å². The van der Waals surface area contributed by atoms with Crippen molar-refractivity contribution in [2.45, 2.75) is 57.3 Å². The minimum absolute atomic E-state index is 0.445. The molecule has 0 radical (unpaired) electrons. The van der Waals surface area contributed by atoms with Crippen molar-refractivity contribution in [3.8, 4) is 0 Å². The molecule has 3 unspecified atom stereocenters. The van der Waals surface area contributed by atoms with E-state index < -0.39 is 0 Å². The summed E-state index contributed by atoms with van der Waals surface area (Å²) in [6.07, 6.45) is 7.25. The van der Waals surface area contributed by atoms with Crippen LogP contribution < -0.4 is 5.32 Å². The number of nitrogens with one attached hydrogen (secondary N) is 1. The molecule has 3 atom stereocenters. The molecule has 4 nitrogen and oxygen atoms in total. The van der Waals surface area contributed by atoms with Gasteiger partial charge >= 0.3 is 0 Å². The van der Waals surface area contributed by atoms with Crippen molar-refractivity contribution >= 4 is 0 Å². The van der Waals surface area contributed by atoms with Gasteiger partial charge in [-0.1, -0.05) is 6.92 Å². The van der Waals surface area contributed by atoms with Crippen LogP contribution in [0.2, 0.25) is 0 Å². The summed E-state index contributed by atoms with van der Waals surface area (Å²) in [6.45, 7) is 7.96. The summed E-state index contributed by atoms with van der Waals surface area (Å²) in [5.41, 5.74) is 0. The first kappa shape index (κ1) is 16.2. The molecule has 0 aliphatic carbocycles. The van der Waals surface area contributed by atoms with E-state index >= 15 is 0 Å². The van der Waals surface area contributed by atoms with Gasteiger partial charge < -0.3 is 15.0 Å². The molecular formula is C16H33N3O. The van der Waals surface area contributed by atoms with Crippen LogP contribution in [0.4, 0.5) is 0 Å². The number of piperidine rings is 1. The molecule has 0 aromatic heterocycles. The fourth-order valence-corrected chi connectivity index (χ4v) is 3.41. The number of hydrogen-bond donors (Lipinski definition) is 1. The van der Waals surface area contributed by atoms with Crippen molar-refractivity contribution in [3.63, 3.8) is 0 Å². The lowest BCUT2D eigenvalue weighted by molar-refractivity contribution is 0.0123. The molecule has 2 fully saturated rings. The van der Waals surface area contributed by atoms with Crippen LogP contribution >= 0.6 is 0 Å². The number of likely N-dealkylation sites (tertiary alicyclic amines) is 1. The van der Waals surface area contributed by atoms with Gasteiger partial charge in [0.1, 0.15) is 0 Å². The molecule has 2 rings (SSSR count). The molecule has 1 N–H and O–H groups in total. The summed E-state index contributed by atoms with van der Waals surface area (Å²) in [6, 6.07) is 0.729. The quantitative estimate of drug-likeness (QED) is 0.718. The van der Waals surface area contributed by atoms with Gasteiger partial charge in [0, 0.05) is 25.7 Å². The van der Waals surface area contributed by atoms with Crippen LogP contribution in [0.1, 0.15) is 39.0 Å². The van der Waals surface area contributed by atoms with E-state index in [1.165, 1.54) is 45.2 Å². The summed E-state index contributed by atoms with van der Waals surface area (Å²) in [5.74, 6) is 0. The van der Waals surface area contributed by atoms with E-state index in [0.717, 1.165) is 25.7 Å². The topological polar surface area (TPSA) is 27.7 Å². The van der Waals surface area contributed by atoms with Crippen LogP contribution in [0.5, 0.6) is 0 Å². The van der Waals surface area contributed by atoms with Crippen molar-refractivity contribution in [1.82, 2.24) is 15.1 Å². The molecule has 0 bridgehead atoms. The Balaban J connectivity index is 1.66. The third-order valence-electron chi connectivity index (χ3n) is 4.67. The van der Waals surface area contributed by atoms with Crippen LogP contribution in [0, 0.1) is 0 Å². The Kier molecular flexibility index (Phi) is 6.75. The Morgan fingerprint density at radius 3 is 2.75 bits per heavy atom. The maximum atomic E-state index is 6.19. The zero-order chi connectivity index (χ0) is 14.4. The average molecular weight is 283 g/mol. The van der Waals surface area contributed by atoms with E-state index in [1.54, 1.807) is 0 Å². The lowest BCUT2D eigenvalue weighted by Crippen LogP contribution is -2.47. The summed E-state index contributed by atoms with van der Waals surface area (Å²) < 4.78 is 6.19. The molecule has 0 saturated carbocycles. The first-order valence-electron chi connectivity index (χ1n) is 8.44. The summed E-state index contributed by atoms with van der Waals surface area (Å²) in [4.78, 5) is 4.99. The number of rotatable bonds is 7. The van der Waals surface area contributed by atoms with Crippen molar-refractivity contribution in [2.75, 3.05) is 46.8 Å². The largest absolute Gasteiger partial charge is 0.372 e. The molecule has 118 valence electrons. The van der Waals surface area contributed by atoms with Gasteiger partial charge in [0.15, 0.2) is 0 Å². The predicted molar refractivity (Wildman–Crippen MR) is 84.2 cm³/mol. The van der Waals surface area contributed by atoms with Crippen LogP contribution in [0.3, 0.4) is 0 Å². The van der Waals surface area contributed by atoms with Crippen molar-refractivity contribution in [2.24, 2.45) is 0 Å². The van der Waals surface area contributed by atoms with E-state index in [1.807, 2.05) is 0 Å². The summed E-state index contributed by atoms with van der Waals surface area (Å²) >= 11 is 0. The lowest BCUT2D eigenvalue weighted by Gasteiger charge is -2.37. The van der Waals surface area contributed by atoms with E-state index in [4.69, 9.17) is 4.74 Å². The Morgan fingerprint density at radius 2 is 2.00 bits per heavy atom. The van der Waals surface area contributed by atoms with Gasteiger partial charge in [0.25, 0.3) is 0 Å². The molecule has 2 saturated heterocycles. The Hall–Kier alpha value is -0.160. The van der Waals surface area contributed by atoms with Crippen molar-refractivity contribution in [1.29, 1.82) is 0 Å². The lowest BCUT2D eigenvalue weighted by atomic mass is 10.0. The second kappa shape index (κ2) is 8.32. The Morgan fingerprint density at radius 1 is 1.20 bits per heavy atom. The smallest absolute Gasteiger partial charge is 0.0707 e. The molecule has 0 aromatic carbocycles. The van der Waals surface area contributed by atoms with Gasteiger partial charge in [-0.25, -0.2) is 0 Å². The van der Waals surface area contributed by atoms with Gasteiger partial charge in [-0.2, -0.15) is 0 Å². The highest BCUT2D eigenvalue weighted by atomic mass is 16.5. The standard InChI is InChI=1S/C16H33N3O/c1-4-9-17-11-15-7-8-16(20-15)13-19-10-5-6-14(12-19)18(2)3/h14-17H,4-13H2,1-3H3. The highest BCUT2D eigenvalue weighted by Crippen LogP contribution is 2.22. The molecular weight excluding hydrogens is 250 g/mol. The number of hydrogen-bond acceptors (Lipinski definition) is 4. The van der Waals surface area contributed by atoms with Gasteiger partial charge in [-0.05, 0) is 59.3 Å². The molecule has 2 aliphatic rings. The third kappa shape index (κ3) is 4.99. The monoisotopic (exact) mass is 283 g/mol. The van der Waals surface area contributed by atoms with Crippen LogP contribution in [-0.2, 0) is 4.74 Å². The average Bonchev–Trinajstić information content (AvgIpc) is 2.87. The molecule has 0 spiro atoms. The maximum Gasteiger partial charge on any atom is 0.0707 e. The highest BCUT2D eigenvalue weighted by molar-refractivity contribution is 4.83. The second-order valence-corrected chi connectivity index (χ2v) is 6.68. The zero-order valence-electron chi connectivity index (χ0n) is 13.6. The van der Waals surface area contributed by atoms with Gasteiger partial charge in [-0.15, -0.1) is 0 Å². The van der Waals surface area contributed by atoms with E-state index in [9.17, 15) is 0 Å². The SMILES string of the molecule is CCCNCC1CCC(CN2CCCC(N(C)C)C2)O1. The van der Waals surface area contributed by atoms with Crippen molar-refractivity contribution < 1.29 is 4.74 Å². The first-order chi connectivity index (χ1) is 9.69. The number of nitrogens with zero attached hydrogens (tertiary/aromatic N) is 2. The fourth-order valence-electron chi connectivity index (χ4n) is 3.41. The van der Waals surface area contributed by atoms with Gasteiger partial charge in [-0.3, -0.25) is 4.90 Å². The summed E-state index contributed by atoms with van der Waals surface area (Å²) in [7, 11) is 4.41. The van der Waals surface area contributed by atoms with Gasteiger partial charge in [0.05, 0.1) is 12.2 Å². The minimum Gasteiger partial charge on any atom is -0.372 e. The third-order valence-corrected chi connectivity index (χ3v) is 4.67. The molecule has 2 heterocycles. The Labute approximate surface area is 124 Å². The minimum atomic E-state index is 0.445. The Bertz CT molecular complexity index is 272.